The van der Waals surface area contributed by atoms with E-state index >= 15 is 0 Å². The molecule has 3 aromatic rings. The van der Waals surface area contributed by atoms with Gasteiger partial charge in [0.1, 0.15) is 30.6 Å². The van der Waals surface area contributed by atoms with Crippen LogP contribution in [-0.4, -0.2) is 111 Å². The maximum absolute atomic E-state index is 13.3. The molecular formula is C29H37N9O11S2. The highest BCUT2D eigenvalue weighted by Gasteiger charge is 2.57. The fraction of sp³-hybridized carbons (Fsp3) is 0.448. The number of aliphatic hydroxyl groups excluding tert-OH is 1. The number of carbonyl (C=O) groups is 3. The van der Waals surface area contributed by atoms with E-state index in [1.807, 2.05) is 21.8 Å². The van der Waals surface area contributed by atoms with Crippen molar-refractivity contribution in [3.05, 3.63) is 47.7 Å². The van der Waals surface area contributed by atoms with Gasteiger partial charge in [0, 0.05) is 30.9 Å². The molecule has 2 aromatic heterocycles. The summed E-state index contributed by atoms with van der Waals surface area (Å²) in [4.78, 5) is 47.0. The Morgan fingerprint density at radius 1 is 1.27 bits per heavy atom. The van der Waals surface area contributed by atoms with Crippen molar-refractivity contribution in [1.29, 1.82) is 0 Å². The third kappa shape index (κ3) is 8.97. The predicted molar refractivity (Wildman–Crippen MR) is 176 cm³/mol. The van der Waals surface area contributed by atoms with Crippen LogP contribution in [0.15, 0.2) is 47.2 Å². The van der Waals surface area contributed by atoms with Crippen molar-refractivity contribution in [3.63, 3.8) is 0 Å². The molecule has 2 fully saturated rings. The molecule has 20 nitrogen and oxygen atoms in total. The molecular weight excluding hydrogens is 715 g/mol. The average molecular weight is 752 g/mol. The number of hydrogen-bond donors (Lipinski definition) is 6. The number of nitrogen functional groups attached to an aromatic ring is 1. The number of nitrogens with zero attached hydrogens (tertiary/aromatic N) is 5. The van der Waals surface area contributed by atoms with Crippen LogP contribution in [0.1, 0.15) is 19.5 Å². The van der Waals surface area contributed by atoms with E-state index in [1.165, 1.54) is 19.2 Å². The number of aliphatic carboxylic acids is 1. The number of hydroxylamine groups is 2. The number of aromatic nitrogens is 3. The Morgan fingerprint density at radius 2 is 1.98 bits per heavy atom. The molecule has 51 heavy (non-hydrogen) atoms. The maximum atomic E-state index is 13.3. The first-order valence-corrected chi connectivity index (χ1v) is 17.7. The van der Waals surface area contributed by atoms with Gasteiger partial charge in [0.2, 0.25) is 16.6 Å². The van der Waals surface area contributed by atoms with E-state index in [0.29, 0.717) is 23.3 Å². The van der Waals surface area contributed by atoms with Crippen molar-refractivity contribution in [2.45, 2.75) is 50.7 Å². The zero-order valence-electron chi connectivity index (χ0n) is 27.4. The number of aliphatic hydroxyl groups is 1. The lowest BCUT2D eigenvalue weighted by Gasteiger charge is -2.51. The van der Waals surface area contributed by atoms with Crippen LogP contribution in [0, 0.1) is 5.92 Å². The minimum atomic E-state index is -5.28. The molecule has 0 radical (unpaired) electrons. The summed E-state index contributed by atoms with van der Waals surface area (Å²) in [7, 11) is -5.28. The lowest BCUT2D eigenvalue weighted by molar-refractivity contribution is -0.781. The molecule has 2 aliphatic heterocycles. The third-order valence-electron chi connectivity index (χ3n) is 8.12. The molecule has 5 rings (SSSR count). The van der Waals surface area contributed by atoms with Crippen molar-refractivity contribution in [2.24, 2.45) is 16.8 Å². The van der Waals surface area contributed by atoms with E-state index < -0.39 is 64.3 Å². The van der Waals surface area contributed by atoms with E-state index in [1.54, 1.807) is 24.3 Å². The van der Waals surface area contributed by atoms with Crippen LogP contribution in [0.2, 0.25) is 0 Å². The van der Waals surface area contributed by atoms with Crippen molar-refractivity contribution in [1.82, 2.24) is 25.4 Å². The second kappa shape index (κ2) is 15.3. The highest BCUT2D eigenvalue weighted by Crippen LogP contribution is 2.33. The third-order valence-corrected chi connectivity index (χ3v) is 9.13. The van der Waals surface area contributed by atoms with Crippen LogP contribution in [0.3, 0.4) is 0 Å². The first-order valence-electron chi connectivity index (χ1n) is 15.5. The highest BCUT2D eigenvalue weighted by molar-refractivity contribution is 7.80. The number of β-lactam (4-membered cyclic amide) rings is 1. The quantitative estimate of drug-likeness (QED) is 0.0213. The van der Waals surface area contributed by atoms with E-state index in [2.05, 4.69) is 25.1 Å². The molecule has 2 amide bonds. The Labute approximate surface area is 295 Å². The number of benzene rings is 1. The zero-order chi connectivity index (χ0) is 37.1. The summed E-state index contributed by atoms with van der Waals surface area (Å²) in [5.41, 5.74) is 10.9. The van der Waals surface area contributed by atoms with Crippen LogP contribution in [0.5, 0.6) is 5.75 Å². The molecule has 0 bridgehead atoms. The van der Waals surface area contributed by atoms with Crippen molar-refractivity contribution in [3.8, 4) is 16.9 Å². The number of nitrogens with one attached hydrogen (secondary N) is 2. The van der Waals surface area contributed by atoms with E-state index in [9.17, 15) is 37.6 Å². The molecule has 0 saturated carbocycles. The van der Waals surface area contributed by atoms with Crippen molar-refractivity contribution < 1.29 is 56.1 Å². The SMILES string of the molecule is CC1(C)[C@H](NC(=O)/C(=N\O[C@@H](COc2ccc(-c3cn(C[C@@H](O)CN)[n+](CC4CNC4)c3)cc2)C(=O)O)c2csc(N)n2)C(=O)N1OS(=O)(=O)[O-]. The second-order valence-electron chi connectivity index (χ2n) is 12.3. The zero-order valence-corrected chi connectivity index (χ0v) is 29.0. The standard InChI is InChI=1S/C29H37N9O11S2/c1-29(2)24(26(41)38(29)49-51(44,45)46)34-25(40)23(21-15-50-28(31)33-21)35-48-22(27(42)43)14-47-20-5-3-17(4-6-20)18-11-36(10-16-8-32-9-16)37(12-18)13-19(39)7-30/h3-6,11-12,15-16,19,22,24,32,39H,7-10,13-14,30H2,1-2H3,(H4-,31,33,34,40,42,43,44,45,46)/b35-23-/t19-,22-,24+/m0/s1. The minimum Gasteiger partial charge on any atom is -0.724 e. The number of carboxylic acids is 1. The van der Waals surface area contributed by atoms with Crippen LogP contribution in [-0.2, 0) is 47.0 Å². The van der Waals surface area contributed by atoms with Crippen LogP contribution >= 0.6 is 11.3 Å². The number of thiazole rings is 1. The number of amides is 2. The monoisotopic (exact) mass is 751 g/mol. The summed E-state index contributed by atoms with van der Waals surface area (Å²) in [6, 6.07) is 5.49. The number of oxime groups is 1. The first-order chi connectivity index (χ1) is 24.0. The highest BCUT2D eigenvalue weighted by atomic mass is 32.3. The van der Waals surface area contributed by atoms with E-state index in [-0.39, 0.29) is 17.4 Å². The van der Waals surface area contributed by atoms with Gasteiger partial charge in [-0.25, -0.2) is 18.2 Å². The topological polar surface area (TPSA) is 290 Å². The summed E-state index contributed by atoms with van der Waals surface area (Å²) >= 11 is 0.946. The number of ether oxygens (including phenoxy) is 1. The molecule has 8 N–H and O–H groups in total. The molecule has 276 valence electrons. The van der Waals surface area contributed by atoms with Crippen LogP contribution in [0.25, 0.3) is 11.1 Å². The molecule has 22 heteroatoms. The number of carboxylic acid groups (broad SMARTS) is 1. The molecule has 0 unspecified atom stereocenters. The van der Waals surface area contributed by atoms with Gasteiger partial charge in [-0.2, -0.15) is 14.0 Å². The summed E-state index contributed by atoms with van der Waals surface area (Å²) in [5, 5.41) is 31.0. The molecule has 3 atom stereocenters. The van der Waals surface area contributed by atoms with Crippen LogP contribution in [0.4, 0.5) is 5.13 Å². The Hall–Kier alpha value is -4.71. The average Bonchev–Trinajstić information content (AvgIpc) is 3.66. The van der Waals surface area contributed by atoms with Crippen LogP contribution < -0.4 is 31.5 Å². The van der Waals surface area contributed by atoms with Gasteiger partial charge in [0.15, 0.2) is 17.4 Å². The van der Waals surface area contributed by atoms with Gasteiger partial charge in [0.25, 0.3) is 17.9 Å². The molecule has 0 spiro atoms. The lowest BCUT2D eigenvalue weighted by Crippen LogP contribution is -2.76. The number of rotatable bonds is 17. The van der Waals surface area contributed by atoms with E-state index in [4.69, 9.17) is 21.0 Å². The second-order valence-corrected chi connectivity index (χ2v) is 14.2. The molecule has 1 aromatic carbocycles. The van der Waals surface area contributed by atoms with E-state index in [0.717, 1.165) is 42.1 Å². The number of hydrogen-bond acceptors (Lipinski definition) is 16. The molecule has 2 aliphatic rings. The Morgan fingerprint density at radius 3 is 2.53 bits per heavy atom. The predicted octanol–water partition coefficient (Wildman–Crippen LogP) is -2.23. The minimum absolute atomic E-state index is 0.0440. The maximum Gasteiger partial charge on any atom is 0.351 e. The number of carbonyl (C=O) groups excluding carboxylic acids is 2. The smallest absolute Gasteiger partial charge is 0.351 e. The summed E-state index contributed by atoms with van der Waals surface area (Å²) in [5.74, 6) is -2.77. The summed E-state index contributed by atoms with van der Waals surface area (Å²) < 4.78 is 46.9. The Kier molecular flexibility index (Phi) is 11.2. The fourth-order valence-electron chi connectivity index (χ4n) is 5.20. The van der Waals surface area contributed by atoms with Crippen molar-refractivity contribution in [2.75, 3.05) is 32.0 Å². The Bertz CT molecular complexity index is 1870. The van der Waals surface area contributed by atoms with Gasteiger partial charge in [-0.05, 0) is 31.5 Å². The van der Waals surface area contributed by atoms with Gasteiger partial charge in [-0.15, -0.1) is 16.0 Å². The number of nitrogens with two attached hydrogens (primary N) is 2. The van der Waals surface area contributed by atoms with Crippen molar-refractivity contribution >= 4 is 50.4 Å². The van der Waals surface area contributed by atoms with Gasteiger partial charge in [-0.3, -0.25) is 9.59 Å². The van der Waals surface area contributed by atoms with Gasteiger partial charge in [-0.1, -0.05) is 17.3 Å². The first kappa shape index (κ1) is 37.5. The van der Waals surface area contributed by atoms with Gasteiger partial charge < -0.3 is 46.4 Å². The summed E-state index contributed by atoms with van der Waals surface area (Å²) in [6.45, 7) is 5.18. The fourth-order valence-corrected chi connectivity index (χ4v) is 6.19. The van der Waals surface area contributed by atoms with Gasteiger partial charge >= 0.3 is 5.97 Å². The Balaban J connectivity index is 1.26. The number of anilines is 1. The largest absolute Gasteiger partial charge is 0.724 e. The molecule has 0 aliphatic carbocycles. The molecule has 2 saturated heterocycles. The van der Waals surface area contributed by atoms with Gasteiger partial charge in [0.05, 0.1) is 23.4 Å². The molecule has 4 heterocycles. The normalized spacial score (nSPS) is 18.8. The lowest BCUT2D eigenvalue weighted by atomic mass is 9.84. The summed E-state index contributed by atoms with van der Waals surface area (Å²) in [6.07, 6.45) is 1.49.